The van der Waals surface area contributed by atoms with E-state index in [2.05, 4.69) is 0 Å². The number of benzene rings is 3. The topological polar surface area (TPSA) is 60.7 Å². The van der Waals surface area contributed by atoms with Gasteiger partial charge in [0, 0.05) is 17.5 Å². The molecule has 0 atom stereocenters. The van der Waals surface area contributed by atoms with Crippen molar-refractivity contribution in [3.05, 3.63) is 65.7 Å². The Morgan fingerprint density at radius 3 is 2.18 bits per heavy atom. The van der Waals surface area contributed by atoms with E-state index in [1.54, 1.807) is 24.3 Å². The van der Waals surface area contributed by atoms with Crippen molar-refractivity contribution < 1.29 is 15.3 Å². The fourth-order valence-corrected chi connectivity index (χ4v) is 3.11. The summed E-state index contributed by atoms with van der Waals surface area (Å²) in [4.78, 5) is 0. The average Bonchev–Trinajstić information content (AvgIpc) is 2.91. The molecule has 0 aliphatic heterocycles. The molecule has 0 aromatic heterocycles. The van der Waals surface area contributed by atoms with E-state index >= 15 is 0 Å². The van der Waals surface area contributed by atoms with Crippen LogP contribution in [-0.4, -0.2) is 15.3 Å². The van der Waals surface area contributed by atoms with E-state index in [9.17, 15) is 15.3 Å². The summed E-state index contributed by atoms with van der Waals surface area (Å²) in [5.74, 6) is -0.00649. The Kier molecular flexibility index (Phi) is 2.63. The number of phenolic OH excluding ortho intramolecular Hbond substituents is 3. The maximum Gasteiger partial charge on any atom is 0.165 e. The Labute approximate surface area is 127 Å². The highest BCUT2D eigenvalue weighted by Crippen LogP contribution is 2.49. The van der Waals surface area contributed by atoms with E-state index in [1.165, 1.54) is 0 Å². The van der Waals surface area contributed by atoms with Crippen LogP contribution in [0.4, 0.5) is 0 Å². The summed E-state index contributed by atoms with van der Waals surface area (Å²) in [7, 11) is 0. The van der Waals surface area contributed by atoms with E-state index in [1.807, 2.05) is 30.3 Å². The van der Waals surface area contributed by atoms with Crippen molar-refractivity contribution in [2.45, 2.75) is 6.42 Å². The zero-order chi connectivity index (χ0) is 15.3. The second-order valence-electron chi connectivity index (χ2n) is 5.53. The molecule has 3 aromatic carbocycles. The van der Waals surface area contributed by atoms with Gasteiger partial charge in [-0.3, -0.25) is 0 Å². The maximum atomic E-state index is 10.4. The summed E-state index contributed by atoms with van der Waals surface area (Å²) in [5, 5.41) is 30.1. The molecular weight excluding hydrogens is 276 g/mol. The second-order valence-corrected chi connectivity index (χ2v) is 5.53. The molecule has 0 spiro atoms. The van der Waals surface area contributed by atoms with Crippen molar-refractivity contribution in [1.29, 1.82) is 0 Å². The van der Waals surface area contributed by atoms with Gasteiger partial charge in [0.05, 0.1) is 0 Å². The Morgan fingerprint density at radius 2 is 1.41 bits per heavy atom. The lowest BCUT2D eigenvalue weighted by atomic mass is 9.96. The van der Waals surface area contributed by atoms with Gasteiger partial charge in [-0.1, -0.05) is 36.4 Å². The number of aromatic hydroxyl groups is 3. The fraction of sp³-hybridized carbons (Fsp3) is 0.0526. The molecular formula is C19H14O3. The zero-order valence-corrected chi connectivity index (χ0v) is 11.7. The lowest BCUT2D eigenvalue weighted by Crippen LogP contribution is -1.87. The van der Waals surface area contributed by atoms with Gasteiger partial charge in [-0.05, 0) is 40.5 Å². The molecule has 0 fully saturated rings. The number of fused-ring (bicyclic) bond motifs is 3. The molecule has 1 aliphatic rings. The van der Waals surface area contributed by atoms with Crippen LogP contribution in [0.15, 0.2) is 54.6 Å². The van der Waals surface area contributed by atoms with Crippen molar-refractivity contribution in [1.82, 2.24) is 0 Å². The van der Waals surface area contributed by atoms with Crippen LogP contribution in [0.25, 0.3) is 22.3 Å². The third kappa shape index (κ3) is 1.76. The molecule has 0 unspecified atom stereocenters. The highest BCUT2D eigenvalue weighted by Gasteiger charge is 2.25. The van der Waals surface area contributed by atoms with E-state index in [0.29, 0.717) is 12.0 Å². The highest BCUT2D eigenvalue weighted by atomic mass is 16.3. The molecule has 108 valence electrons. The molecule has 0 saturated carbocycles. The van der Waals surface area contributed by atoms with Crippen molar-refractivity contribution in [2.75, 3.05) is 0 Å². The highest BCUT2D eigenvalue weighted by molar-refractivity contribution is 5.87. The standard InChI is InChI=1S/C19H14O3/c20-13-7-5-11(6-8-13)15-10-16-14-4-2-1-3-12(14)9-17(16)19(22)18(15)21/h1-8,10,20-22H,9H2. The predicted octanol–water partition coefficient (Wildman–Crippen LogP) is 4.04. The van der Waals surface area contributed by atoms with Gasteiger partial charge in [-0.2, -0.15) is 0 Å². The molecule has 0 saturated heterocycles. The van der Waals surface area contributed by atoms with Crippen LogP contribution in [0, 0.1) is 0 Å². The van der Waals surface area contributed by atoms with Crippen molar-refractivity contribution >= 4 is 0 Å². The van der Waals surface area contributed by atoms with Crippen LogP contribution < -0.4 is 0 Å². The molecule has 3 nitrogen and oxygen atoms in total. The van der Waals surface area contributed by atoms with Gasteiger partial charge in [-0.15, -0.1) is 0 Å². The number of rotatable bonds is 1. The maximum absolute atomic E-state index is 10.4. The van der Waals surface area contributed by atoms with E-state index in [4.69, 9.17) is 0 Å². The summed E-state index contributed by atoms with van der Waals surface area (Å²) >= 11 is 0. The summed E-state index contributed by atoms with van der Waals surface area (Å²) in [5.41, 5.74) is 5.27. The van der Waals surface area contributed by atoms with Crippen LogP contribution in [0.5, 0.6) is 17.2 Å². The van der Waals surface area contributed by atoms with Gasteiger partial charge < -0.3 is 15.3 Å². The lowest BCUT2D eigenvalue weighted by Gasteiger charge is -2.12. The molecule has 22 heavy (non-hydrogen) atoms. The summed E-state index contributed by atoms with van der Waals surface area (Å²) in [6.45, 7) is 0. The first-order chi connectivity index (χ1) is 10.6. The van der Waals surface area contributed by atoms with Crippen molar-refractivity contribution in [3.63, 3.8) is 0 Å². The van der Waals surface area contributed by atoms with Gasteiger partial charge in [0.1, 0.15) is 5.75 Å². The first kappa shape index (κ1) is 12.8. The zero-order valence-electron chi connectivity index (χ0n) is 11.7. The van der Waals surface area contributed by atoms with Gasteiger partial charge in [0.25, 0.3) is 0 Å². The van der Waals surface area contributed by atoms with Crippen molar-refractivity contribution in [3.8, 4) is 39.5 Å². The minimum Gasteiger partial charge on any atom is -0.508 e. The van der Waals surface area contributed by atoms with Crippen LogP contribution in [-0.2, 0) is 6.42 Å². The smallest absolute Gasteiger partial charge is 0.165 e. The van der Waals surface area contributed by atoms with Gasteiger partial charge >= 0.3 is 0 Å². The average molecular weight is 290 g/mol. The van der Waals surface area contributed by atoms with Crippen LogP contribution in [0.2, 0.25) is 0 Å². The first-order valence-electron chi connectivity index (χ1n) is 7.10. The summed E-state index contributed by atoms with van der Waals surface area (Å²) in [6, 6.07) is 16.5. The molecule has 1 aliphatic carbocycles. The van der Waals surface area contributed by atoms with Crippen LogP contribution in [0.3, 0.4) is 0 Å². The molecule has 0 amide bonds. The molecule has 0 heterocycles. The quantitative estimate of drug-likeness (QED) is 0.464. The SMILES string of the molecule is Oc1ccc(-c2cc3c(c(O)c2O)Cc2ccccc2-3)cc1. The predicted molar refractivity (Wildman–Crippen MR) is 85.1 cm³/mol. The summed E-state index contributed by atoms with van der Waals surface area (Å²) < 4.78 is 0. The van der Waals surface area contributed by atoms with Gasteiger partial charge in [0.15, 0.2) is 11.5 Å². The summed E-state index contributed by atoms with van der Waals surface area (Å²) in [6.07, 6.45) is 0.626. The minimum absolute atomic E-state index is 0.0585. The number of hydrogen-bond acceptors (Lipinski definition) is 3. The van der Waals surface area contributed by atoms with Gasteiger partial charge in [0.2, 0.25) is 0 Å². The molecule has 4 rings (SSSR count). The number of phenols is 3. The Hall–Kier alpha value is -2.94. The third-order valence-electron chi connectivity index (χ3n) is 4.23. The Morgan fingerprint density at radius 1 is 0.682 bits per heavy atom. The van der Waals surface area contributed by atoms with Crippen LogP contribution >= 0.6 is 0 Å². The van der Waals surface area contributed by atoms with Crippen LogP contribution in [0.1, 0.15) is 11.1 Å². The fourth-order valence-electron chi connectivity index (χ4n) is 3.11. The minimum atomic E-state index is -0.114. The molecule has 3 aromatic rings. The number of hydrogen-bond donors (Lipinski definition) is 3. The monoisotopic (exact) mass is 290 g/mol. The van der Waals surface area contributed by atoms with E-state index in [0.717, 1.165) is 27.8 Å². The molecule has 3 N–H and O–H groups in total. The Balaban J connectivity index is 1.97. The van der Waals surface area contributed by atoms with Crippen molar-refractivity contribution in [2.24, 2.45) is 0 Å². The molecule has 0 radical (unpaired) electrons. The lowest BCUT2D eigenvalue weighted by molar-refractivity contribution is 0.402. The van der Waals surface area contributed by atoms with E-state index < -0.39 is 0 Å². The molecule has 3 heteroatoms. The van der Waals surface area contributed by atoms with Gasteiger partial charge in [-0.25, -0.2) is 0 Å². The normalized spacial score (nSPS) is 12.0. The molecule has 0 bridgehead atoms. The second kappa shape index (κ2) is 4.53. The third-order valence-corrected chi connectivity index (χ3v) is 4.23. The van der Waals surface area contributed by atoms with E-state index in [-0.39, 0.29) is 17.2 Å². The largest absolute Gasteiger partial charge is 0.508 e. The first-order valence-corrected chi connectivity index (χ1v) is 7.10. The Bertz CT molecular complexity index is 880.